The first-order chi connectivity index (χ1) is 9.20. The number of rotatable bonds is 5. The molecular formula is C16H16ClIO. The Morgan fingerprint density at radius 3 is 2.63 bits per heavy atom. The summed E-state index contributed by atoms with van der Waals surface area (Å²) in [4.78, 5) is 0. The molecule has 0 N–H and O–H groups in total. The van der Waals surface area contributed by atoms with E-state index in [-0.39, 0.29) is 6.10 Å². The van der Waals surface area contributed by atoms with Crippen molar-refractivity contribution in [3.05, 3.63) is 70.2 Å². The molecule has 0 aliphatic carbocycles. The van der Waals surface area contributed by atoms with E-state index in [0.29, 0.717) is 6.61 Å². The van der Waals surface area contributed by atoms with Crippen LogP contribution in [-0.4, -0.2) is 4.43 Å². The summed E-state index contributed by atoms with van der Waals surface area (Å²) in [5, 5.41) is 0.763. The van der Waals surface area contributed by atoms with Crippen LogP contribution in [0.5, 0.6) is 0 Å². The number of alkyl halides is 1. The molecule has 0 aliphatic rings. The Balaban J connectivity index is 2.06. The summed E-state index contributed by atoms with van der Waals surface area (Å²) < 4.78 is 6.93. The van der Waals surface area contributed by atoms with Gasteiger partial charge in [-0.05, 0) is 24.1 Å². The molecule has 0 amide bonds. The highest BCUT2D eigenvalue weighted by Gasteiger charge is 2.11. The van der Waals surface area contributed by atoms with Crippen molar-refractivity contribution >= 4 is 34.2 Å². The molecule has 1 atom stereocenters. The van der Waals surface area contributed by atoms with Gasteiger partial charge >= 0.3 is 0 Å². The average Bonchev–Trinajstić information content (AvgIpc) is 2.41. The van der Waals surface area contributed by atoms with E-state index in [1.165, 1.54) is 11.1 Å². The predicted octanol–water partition coefficient (Wildman–Crippen LogP) is 5.34. The minimum Gasteiger partial charge on any atom is -0.368 e. The van der Waals surface area contributed by atoms with Crippen molar-refractivity contribution in [3.63, 3.8) is 0 Å². The smallest absolute Gasteiger partial charge is 0.0918 e. The van der Waals surface area contributed by atoms with Gasteiger partial charge in [-0.2, -0.15) is 0 Å². The van der Waals surface area contributed by atoms with Crippen LogP contribution in [0.4, 0.5) is 0 Å². The Hall–Kier alpha value is -0.580. The third-order valence-electron chi connectivity index (χ3n) is 2.95. The Bertz CT molecular complexity index is 542. The van der Waals surface area contributed by atoms with Crippen molar-refractivity contribution in [1.82, 2.24) is 0 Å². The van der Waals surface area contributed by atoms with E-state index in [4.69, 9.17) is 16.3 Å². The molecule has 0 spiro atoms. The molecule has 100 valence electrons. The zero-order valence-electron chi connectivity index (χ0n) is 10.8. The maximum Gasteiger partial charge on any atom is 0.0918 e. The second-order valence-corrected chi connectivity index (χ2v) is 5.75. The molecule has 0 aliphatic heterocycles. The lowest BCUT2D eigenvalue weighted by molar-refractivity contribution is 0.0577. The summed E-state index contributed by atoms with van der Waals surface area (Å²) in [5.41, 5.74) is 3.52. The molecule has 0 aromatic heterocycles. The molecule has 0 bridgehead atoms. The van der Waals surface area contributed by atoms with Gasteiger partial charge in [0.05, 0.1) is 12.7 Å². The number of ether oxygens (including phenoxy) is 1. The zero-order valence-corrected chi connectivity index (χ0v) is 13.7. The Kier molecular flexibility index (Phi) is 5.67. The van der Waals surface area contributed by atoms with Crippen molar-refractivity contribution in [1.29, 1.82) is 0 Å². The fraction of sp³-hybridized carbons (Fsp3) is 0.250. The highest BCUT2D eigenvalue weighted by atomic mass is 127. The van der Waals surface area contributed by atoms with Crippen LogP contribution in [0.2, 0.25) is 5.02 Å². The number of halogens is 2. The maximum absolute atomic E-state index is 6.14. The van der Waals surface area contributed by atoms with Crippen LogP contribution in [0.15, 0.2) is 48.5 Å². The summed E-state index contributed by atoms with van der Waals surface area (Å²) in [6.45, 7) is 2.64. The second kappa shape index (κ2) is 7.27. The highest BCUT2D eigenvalue weighted by molar-refractivity contribution is 14.1. The van der Waals surface area contributed by atoms with Crippen LogP contribution in [0.3, 0.4) is 0 Å². The first kappa shape index (κ1) is 14.8. The lowest BCUT2D eigenvalue weighted by Gasteiger charge is -2.17. The molecule has 0 heterocycles. The SMILES string of the molecule is Cc1cccc(C(CI)OCc2ccccc2Cl)c1. The largest absolute Gasteiger partial charge is 0.368 e. The van der Waals surface area contributed by atoms with Crippen molar-refractivity contribution < 1.29 is 4.74 Å². The lowest BCUT2D eigenvalue weighted by atomic mass is 10.1. The molecule has 19 heavy (non-hydrogen) atoms. The maximum atomic E-state index is 6.14. The third kappa shape index (κ3) is 4.20. The summed E-state index contributed by atoms with van der Waals surface area (Å²) >= 11 is 8.50. The third-order valence-corrected chi connectivity index (χ3v) is 4.12. The first-order valence-corrected chi connectivity index (χ1v) is 8.08. The molecule has 3 heteroatoms. The van der Waals surface area contributed by atoms with Gasteiger partial charge in [0.1, 0.15) is 0 Å². The lowest BCUT2D eigenvalue weighted by Crippen LogP contribution is -2.06. The van der Waals surface area contributed by atoms with E-state index in [2.05, 4.69) is 53.8 Å². The number of hydrogen-bond acceptors (Lipinski definition) is 1. The van der Waals surface area contributed by atoms with Gasteiger partial charge < -0.3 is 4.74 Å². The van der Waals surface area contributed by atoms with Gasteiger partial charge in [-0.3, -0.25) is 0 Å². The van der Waals surface area contributed by atoms with E-state index in [1.807, 2.05) is 24.3 Å². The van der Waals surface area contributed by atoms with Crippen LogP contribution in [0.25, 0.3) is 0 Å². The molecule has 1 nitrogen and oxygen atoms in total. The minimum absolute atomic E-state index is 0.108. The fourth-order valence-electron chi connectivity index (χ4n) is 1.91. The van der Waals surface area contributed by atoms with E-state index in [0.717, 1.165) is 15.0 Å². The van der Waals surface area contributed by atoms with Crippen LogP contribution < -0.4 is 0 Å². The molecular weight excluding hydrogens is 371 g/mol. The normalized spacial score (nSPS) is 12.4. The predicted molar refractivity (Wildman–Crippen MR) is 89.0 cm³/mol. The molecule has 0 saturated heterocycles. The number of hydrogen-bond donors (Lipinski definition) is 0. The molecule has 0 radical (unpaired) electrons. The minimum atomic E-state index is 0.108. The number of benzene rings is 2. The summed E-state index contributed by atoms with van der Waals surface area (Å²) in [6, 6.07) is 16.3. The topological polar surface area (TPSA) is 9.23 Å². The Morgan fingerprint density at radius 1 is 1.16 bits per heavy atom. The van der Waals surface area contributed by atoms with E-state index >= 15 is 0 Å². The van der Waals surface area contributed by atoms with Gasteiger partial charge in [0.15, 0.2) is 0 Å². The van der Waals surface area contributed by atoms with Crippen LogP contribution in [-0.2, 0) is 11.3 Å². The van der Waals surface area contributed by atoms with Gasteiger partial charge in [0.25, 0.3) is 0 Å². The summed E-state index contributed by atoms with van der Waals surface area (Å²) in [6.07, 6.45) is 0.108. The highest BCUT2D eigenvalue weighted by Crippen LogP contribution is 2.24. The Labute approximate surface area is 133 Å². The summed E-state index contributed by atoms with van der Waals surface area (Å²) in [5.74, 6) is 0. The first-order valence-electron chi connectivity index (χ1n) is 6.18. The van der Waals surface area contributed by atoms with Gasteiger partial charge in [-0.25, -0.2) is 0 Å². The molecule has 0 saturated carbocycles. The van der Waals surface area contributed by atoms with E-state index in [1.54, 1.807) is 0 Å². The molecule has 2 rings (SSSR count). The monoisotopic (exact) mass is 386 g/mol. The van der Waals surface area contributed by atoms with E-state index < -0.39 is 0 Å². The Morgan fingerprint density at radius 2 is 1.95 bits per heavy atom. The van der Waals surface area contributed by atoms with Crippen LogP contribution >= 0.6 is 34.2 Å². The molecule has 2 aromatic carbocycles. The van der Waals surface area contributed by atoms with Crippen molar-refractivity contribution in [3.8, 4) is 0 Å². The number of aryl methyl sites for hydroxylation is 1. The van der Waals surface area contributed by atoms with Crippen LogP contribution in [0.1, 0.15) is 22.8 Å². The zero-order chi connectivity index (χ0) is 13.7. The van der Waals surface area contributed by atoms with E-state index in [9.17, 15) is 0 Å². The van der Waals surface area contributed by atoms with Crippen molar-refractivity contribution in [2.24, 2.45) is 0 Å². The standard InChI is InChI=1S/C16H16ClIO/c1-12-5-4-7-13(9-12)16(10-18)19-11-14-6-2-3-8-15(14)17/h2-9,16H,10-11H2,1H3. The van der Waals surface area contributed by atoms with Gasteiger partial charge in [-0.1, -0.05) is 82.2 Å². The summed E-state index contributed by atoms with van der Waals surface area (Å²) in [7, 11) is 0. The van der Waals surface area contributed by atoms with Gasteiger partial charge in [0, 0.05) is 9.45 Å². The second-order valence-electron chi connectivity index (χ2n) is 4.46. The van der Waals surface area contributed by atoms with Gasteiger partial charge in [-0.15, -0.1) is 0 Å². The average molecular weight is 387 g/mol. The van der Waals surface area contributed by atoms with Crippen molar-refractivity contribution in [2.75, 3.05) is 4.43 Å². The van der Waals surface area contributed by atoms with Crippen molar-refractivity contribution in [2.45, 2.75) is 19.6 Å². The molecule has 2 aromatic rings. The van der Waals surface area contributed by atoms with Gasteiger partial charge in [0.2, 0.25) is 0 Å². The van der Waals surface area contributed by atoms with Crippen LogP contribution in [0, 0.1) is 6.92 Å². The quantitative estimate of drug-likeness (QED) is 0.498. The molecule has 0 fully saturated rings. The molecule has 1 unspecified atom stereocenters. The fourth-order valence-corrected chi connectivity index (χ4v) is 2.86.